The summed E-state index contributed by atoms with van der Waals surface area (Å²) in [6.07, 6.45) is 1.85. The molecule has 1 N–H and O–H groups in total. The summed E-state index contributed by atoms with van der Waals surface area (Å²) >= 11 is 9.51. The van der Waals surface area contributed by atoms with E-state index in [1.165, 1.54) is 0 Å². The number of ether oxygens (including phenoxy) is 1. The van der Waals surface area contributed by atoms with Gasteiger partial charge in [0, 0.05) is 15.1 Å². The van der Waals surface area contributed by atoms with E-state index in [0.29, 0.717) is 17.4 Å². The standard InChI is InChI=1S/C22H18BrClN2O2/c23-19-10-8-16(9-11-19)13-22(27)26-25-14-17-4-3-6-20(12-17)28-15-18-5-1-2-7-21(18)24/h1-12,14H,13,15H2,(H,26,27)/b25-14-. The maximum absolute atomic E-state index is 12.0. The average molecular weight is 458 g/mol. The lowest BCUT2D eigenvalue weighted by Gasteiger charge is -2.08. The number of hydrogen-bond acceptors (Lipinski definition) is 3. The molecule has 0 bridgehead atoms. The highest BCUT2D eigenvalue weighted by Gasteiger charge is 2.03. The minimum atomic E-state index is -0.176. The molecule has 0 heterocycles. The third-order valence-corrected chi connectivity index (χ3v) is 4.79. The van der Waals surface area contributed by atoms with Crippen molar-refractivity contribution in [3.8, 4) is 5.75 Å². The van der Waals surface area contributed by atoms with Crippen molar-refractivity contribution >= 4 is 39.7 Å². The summed E-state index contributed by atoms with van der Waals surface area (Å²) < 4.78 is 6.77. The number of halogens is 2. The number of benzene rings is 3. The van der Waals surface area contributed by atoms with Crippen LogP contribution in [0.25, 0.3) is 0 Å². The highest BCUT2D eigenvalue weighted by molar-refractivity contribution is 9.10. The molecule has 0 aliphatic rings. The van der Waals surface area contributed by atoms with Crippen molar-refractivity contribution in [2.75, 3.05) is 0 Å². The van der Waals surface area contributed by atoms with Crippen LogP contribution >= 0.6 is 27.5 Å². The van der Waals surface area contributed by atoms with Crippen molar-refractivity contribution in [1.82, 2.24) is 5.43 Å². The normalized spacial score (nSPS) is 10.8. The molecule has 0 saturated heterocycles. The predicted octanol–water partition coefficient (Wildman–Crippen LogP) is 5.37. The topological polar surface area (TPSA) is 50.7 Å². The molecule has 4 nitrogen and oxygen atoms in total. The number of carbonyl (C=O) groups is 1. The Morgan fingerprint density at radius 2 is 1.86 bits per heavy atom. The summed E-state index contributed by atoms with van der Waals surface area (Å²) in [5.41, 5.74) is 5.20. The van der Waals surface area contributed by atoms with Gasteiger partial charge in [0.1, 0.15) is 12.4 Å². The highest BCUT2D eigenvalue weighted by atomic mass is 79.9. The van der Waals surface area contributed by atoms with Crippen molar-refractivity contribution < 1.29 is 9.53 Å². The van der Waals surface area contributed by atoms with Crippen molar-refractivity contribution in [3.63, 3.8) is 0 Å². The Labute approximate surface area is 177 Å². The van der Waals surface area contributed by atoms with Crippen molar-refractivity contribution in [2.24, 2.45) is 5.10 Å². The van der Waals surface area contributed by atoms with E-state index in [1.807, 2.05) is 72.8 Å². The summed E-state index contributed by atoms with van der Waals surface area (Å²) in [7, 11) is 0. The van der Waals surface area contributed by atoms with Gasteiger partial charge in [-0.15, -0.1) is 0 Å². The Kier molecular flexibility index (Phi) is 7.23. The monoisotopic (exact) mass is 456 g/mol. The van der Waals surface area contributed by atoms with Crippen LogP contribution in [-0.4, -0.2) is 12.1 Å². The number of carbonyl (C=O) groups excluding carboxylic acids is 1. The molecule has 3 aromatic rings. The van der Waals surface area contributed by atoms with Gasteiger partial charge in [-0.3, -0.25) is 4.79 Å². The lowest BCUT2D eigenvalue weighted by Crippen LogP contribution is -2.19. The Balaban J connectivity index is 1.52. The number of hydrazone groups is 1. The second-order valence-electron chi connectivity index (χ2n) is 6.05. The van der Waals surface area contributed by atoms with E-state index in [2.05, 4.69) is 26.5 Å². The fraction of sp³-hybridized carbons (Fsp3) is 0.0909. The molecule has 0 radical (unpaired) electrons. The molecule has 3 aromatic carbocycles. The molecule has 6 heteroatoms. The number of nitrogens with zero attached hydrogens (tertiary/aromatic N) is 1. The first-order valence-corrected chi connectivity index (χ1v) is 9.80. The van der Waals surface area contributed by atoms with Gasteiger partial charge >= 0.3 is 0 Å². The van der Waals surface area contributed by atoms with Crippen LogP contribution in [0.2, 0.25) is 5.02 Å². The minimum Gasteiger partial charge on any atom is -0.489 e. The molecule has 0 atom stereocenters. The fourth-order valence-electron chi connectivity index (χ4n) is 2.47. The molecule has 142 valence electrons. The van der Waals surface area contributed by atoms with Gasteiger partial charge in [-0.05, 0) is 41.5 Å². The zero-order valence-electron chi connectivity index (χ0n) is 14.9. The maximum atomic E-state index is 12.0. The summed E-state index contributed by atoms with van der Waals surface area (Å²) in [5.74, 6) is 0.523. The lowest BCUT2D eigenvalue weighted by atomic mass is 10.1. The first-order valence-electron chi connectivity index (χ1n) is 8.63. The molecule has 0 fully saturated rings. The van der Waals surface area contributed by atoms with Gasteiger partial charge in [0.15, 0.2) is 0 Å². The van der Waals surface area contributed by atoms with Crippen LogP contribution in [0.1, 0.15) is 16.7 Å². The summed E-state index contributed by atoms with van der Waals surface area (Å²) in [6, 6.07) is 22.6. The third kappa shape index (κ3) is 6.22. The van der Waals surface area contributed by atoms with E-state index in [9.17, 15) is 4.79 Å². The molecule has 28 heavy (non-hydrogen) atoms. The Bertz CT molecular complexity index is 974. The first-order chi connectivity index (χ1) is 13.6. The van der Waals surface area contributed by atoms with Crippen molar-refractivity contribution in [1.29, 1.82) is 0 Å². The number of rotatable bonds is 7. The largest absolute Gasteiger partial charge is 0.489 e. The van der Waals surface area contributed by atoms with Gasteiger partial charge < -0.3 is 4.74 Å². The molecule has 0 unspecified atom stereocenters. The van der Waals surface area contributed by atoms with Gasteiger partial charge in [-0.25, -0.2) is 5.43 Å². The van der Waals surface area contributed by atoms with E-state index >= 15 is 0 Å². The second kappa shape index (κ2) is 10.1. The van der Waals surface area contributed by atoms with Crippen LogP contribution in [0.4, 0.5) is 0 Å². The van der Waals surface area contributed by atoms with Crippen LogP contribution in [0.3, 0.4) is 0 Å². The van der Waals surface area contributed by atoms with Crippen LogP contribution in [-0.2, 0) is 17.8 Å². The summed E-state index contributed by atoms with van der Waals surface area (Å²) in [6.45, 7) is 0.379. The minimum absolute atomic E-state index is 0.176. The zero-order valence-corrected chi connectivity index (χ0v) is 17.3. The van der Waals surface area contributed by atoms with Gasteiger partial charge in [0.05, 0.1) is 12.6 Å². The lowest BCUT2D eigenvalue weighted by molar-refractivity contribution is -0.120. The molecule has 0 aliphatic carbocycles. The van der Waals surface area contributed by atoms with Gasteiger partial charge in [0.25, 0.3) is 0 Å². The molecule has 0 saturated carbocycles. The number of nitrogens with one attached hydrogen (secondary N) is 1. The van der Waals surface area contributed by atoms with Gasteiger partial charge in [0.2, 0.25) is 5.91 Å². The highest BCUT2D eigenvalue weighted by Crippen LogP contribution is 2.19. The zero-order chi connectivity index (χ0) is 19.8. The van der Waals surface area contributed by atoms with Gasteiger partial charge in [-0.2, -0.15) is 5.10 Å². The molecule has 0 spiro atoms. The van der Waals surface area contributed by atoms with Crippen molar-refractivity contribution in [2.45, 2.75) is 13.0 Å². The third-order valence-electron chi connectivity index (χ3n) is 3.89. The average Bonchev–Trinajstić information content (AvgIpc) is 2.69. The van der Waals surface area contributed by atoms with Crippen LogP contribution < -0.4 is 10.2 Å². The smallest absolute Gasteiger partial charge is 0.244 e. The quantitative estimate of drug-likeness (QED) is 0.383. The van der Waals surface area contributed by atoms with E-state index in [1.54, 1.807) is 6.21 Å². The molecular formula is C22H18BrClN2O2. The molecule has 3 rings (SSSR count). The maximum Gasteiger partial charge on any atom is 0.244 e. The van der Waals surface area contributed by atoms with Crippen LogP contribution in [0, 0.1) is 0 Å². The predicted molar refractivity (Wildman–Crippen MR) is 116 cm³/mol. The Hall–Kier alpha value is -2.63. The van der Waals surface area contributed by atoms with Gasteiger partial charge in [-0.1, -0.05) is 70.0 Å². The summed E-state index contributed by atoms with van der Waals surface area (Å²) in [4.78, 5) is 12.0. The van der Waals surface area contributed by atoms with E-state index < -0.39 is 0 Å². The number of hydrogen-bond donors (Lipinski definition) is 1. The number of amides is 1. The SMILES string of the molecule is O=C(Cc1ccc(Br)cc1)N/N=C\c1cccc(OCc2ccccc2Cl)c1. The first kappa shape index (κ1) is 20.1. The van der Waals surface area contributed by atoms with Crippen LogP contribution in [0.5, 0.6) is 5.75 Å². The summed E-state index contributed by atoms with van der Waals surface area (Å²) in [5, 5.41) is 4.69. The second-order valence-corrected chi connectivity index (χ2v) is 7.37. The Morgan fingerprint density at radius 1 is 1.07 bits per heavy atom. The Morgan fingerprint density at radius 3 is 2.64 bits per heavy atom. The van der Waals surface area contributed by atoms with E-state index in [0.717, 1.165) is 21.2 Å². The molecular weight excluding hydrogens is 440 g/mol. The van der Waals surface area contributed by atoms with Crippen LogP contribution in [0.15, 0.2) is 82.4 Å². The fourth-order valence-corrected chi connectivity index (χ4v) is 2.92. The van der Waals surface area contributed by atoms with E-state index in [4.69, 9.17) is 16.3 Å². The molecule has 0 aliphatic heterocycles. The molecule has 0 aromatic heterocycles. The molecule has 1 amide bonds. The van der Waals surface area contributed by atoms with E-state index in [-0.39, 0.29) is 12.3 Å². The van der Waals surface area contributed by atoms with Crippen molar-refractivity contribution in [3.05, 3.63) is 99.0 Å².